The number of aromatic amines is 1. The number of carbonyl (C=O) groups excluding carboxylic acids is 1. The van der Waals surface area contributed by atoms with Gasteiger partial charge in [0, 0.05) is 23.7 Å². The van der Waals surface area contributed by atoms with E-state index in [-0.39, 0.29) is 17.5 Å². The van der Waals surface area contributed by atoms with Crippen LogP contribution in [0.2, 0.25) is 0 Å². The lowest BCUT2D eigenvalue weighted by Crippen LogP contribution is -2.23. The molecular formula is C21H21FN2O2. The van der Waals surface area contributed by atoms with Gasteiger partial charge in [-0.3, -0.25) is 4.79 Å². The molecule has 0 aliphatic heterocycles. The summed E-state index contributed by atoms with van der Waals surface area (Å²) in [7, 11) is 0. The second kappa shape index (κ2) is 7.44. The average molecular weight is 352 g/mol. The van der Waals surface area contributed by atoms with Gasteiger partial charge in [-0.05, 0) is 61.2 Å². The first kappa shape index (κ1) is 17.7. The van der Waals surface area contributed by atoms with Gasteiger partial charge >= 0.3 is 0 Å². The van der Waals surface area contributed by atoms with Gasteiger partial charge in [-0.2, -0.15) is 0 Å². The largest absolute Gasteiger partial charge is 0.508 e. The standard InChI is InChI=1S/C21H21FN2O2/c1-13-3-9-18(22)21-20(13)17(14(2)24-21)11-12-23-19(26)10-6-15-4-7-16(25)8-5-15/h3-10,24-25H,11-12H2,1-2H3,(H,23,26). The van der Waals surface area contributed by atoms with Crippen molar-refractivity contribution in [2.45, 2.75) is 20.3 Å². The first-order valence-electron chi connectivity index (χ1n) is 8.47. The maximum atomic E-state index is 14.0. The summed E-state index contributed by atoms with van der Waals surface area (Å²) >= 11 is 0. The maximum Gasteiger partial charge on any atom is 0.244 e. The third kappa shape index (κ3) is 3.77. The number of H-pyrrole nitrogens is 1. The van der Waals surface area contributed by atoms with E-state index in [0.29, 0.717) is 18.5 Å². The highest BCUT2D eigenvalue weighted by Crippen LogP contribution is 2.27. The van der Waals surface area contributed by atoms with Crippen LogP contribution in [-0.2, 0) is 11.2 Å². The minimum atomic E-state index is -0.263. The van der Waals surface area contributed by atoms with E-state index in [4.69, 9.17) is 0 Å². The van der Waals surface area contributed by atoms with Crippen molar-refractivity contribution in [2.75, 3.05) is 6.54 Å². The van der Waals surface area contributed by atoms with Gasteiger partial charge in [0.05, 0.1) is 5.52 Å². The van der Waals surface area contributed by atoms with E-state index in [1.54, 1.807) is 36.4 Å². The molecule has 0 saturated carbocycles. The molecule has 0 radical (unpaired) electrons. The third-order valence-electron chi connectivity index (χ3n) is 4.42. The highest BCUT2D eigenvalue weighted by Gasteiger charge is 2.13. The molecular weight excluding hydrogens is 331 g/mol. The number of rotatable bonds is 5. The molecule has 0 saturated heterocycles. The number of phenols is 1. The van der Waals surface area contributed by atoms with Crippen LogP contribution in [0.25, 0.3) is 17.0 Å². The molecule has 0 aliphatic carbocycles. The van der Waals surface area contributed by atoms with Crippen LogP contribution < -0.4 is 5.32 Å². The van der Waals surface area contributed by atoms with Gasteiger partial charge in [-0.25, -0.2) is 4.39 Å². The SMILES string of the molecule is Cc1[nH]c2c(F)ccc(C)c2c1CCNC(=O)C=Cc1ccc(O)cc1. The van der Waals surface area contributed by atoms with Gasteiger partial charge in [-0.1, -0.05) is 18.2 Å². The van der Waals surface area contributed by atoms with Crippen molar-refractivity contribution in [3.63, 3.8) is 0 Å². The summed E-state index contributed by atoms with van der Waals surface area (Å²) < 4.78 is 14.0. The van der Waals surface area contributed by atoms with Crippen molar-refractivity contribution in [1.29, 1.82) is 0 Å². The molecule has 4 nitrogen and oxygen atoms in total. The zero-order valence-electron chi connectivity index (χ0n) is 14.8. The molecule has 3 rings (SSSR count). The molecule has 134 valence electrons. The number of hydrogen-bond acceptors (Lipinski definition) is 2. The van der Waals surface area contributed by atoms with Crippen LogP contribution in [-0.4, -0.2) is 22.5 Å². The molecule has 26 heavy (non-hydrogen) atoms. The molecule has 0 fully saturated rings. The predicted molar refractivity (Wildman–Crippen MR) is 102 cm³/mol. The number of aromatic hydroxyl groups is 1. The number of carbonyl (C=O) groups is 1. The molecule has 1 heterocycles. The second-order valence-electron chi connectivity index (χ2n) is 6.31. The lowest BCUT2D eigenvalue weighted by Gasteiger charge is -2.05. The van der Waals surface area contributed by atoms with Crippen LogP contribution in [0.5, 0.6) is 5.75 Å². The summed E-state index contributed by atoms with van der Waals surface area (Å²) in [5, 5.41) is 13.0. The fraction of sp³-hybridized carbons (Fsp3) is 0.190. The summed E-state index contributed by atoms with van der Waals surface area (Å²) in [4.78, 5) is 15.1. The molecule has 1 amide bonds. The first-order chi connectivity index (χ1) is 12.5. The molecule has 5 heteroatoms. The fourth-order valence-corrected chi connectivity index (χ4v) is 3.08. The number of fused-ring (bicyclic) bond motifs is 1. The van der Waals surface area contributed by atoms with E-state index >= 15 is 0 Å². The molecule has 3 aromatic rings. The monoisotopic (exact) mass is 352 g/mol. The van der Waals surface area contributed by atoms with Crippen molar-refractivity contribution >= 4 is 22.9 Å². The summed E-state index contributed by atoms with van der Waals surface area (Å²) in [6.07, 6.45) is 3.76. The third-order valence-corrected chi connectivity index (χ3v) is 4.42. The molecule has 0 aliphatic rings. The number of amides is 1. The van der Waals surface area contributed by atoms with Crippen molar-refractivity contribution in [1.82, 2.24) is 10.3 Å². The van der Waals surface area contributed by atoms with Gasteiger partial charge in [0.25, 0.3) is 0 Å². The Morgan fingerprint density at radius 1 is 1.19 bits per heavy atom. The van der Waals surface area contributed by atoms with E-state index in [2.05, 4.69) is 10.3 Å². The molecule has 1 aromatic heterocycles. The van der Waals surface area contributed by atoms with Crippen LogP contribution in [0.4, 0.5) is 4.39 Å². The molecule has 0 unspecified atom stereocenters. The van der Waals surface area contributed by atoms with Crippen LogP contribution in [0.3, 0.4) is 0 Å². The smallest absolute Gasteiger partial charge is 0.244 e. The Kier molecular flexibility index (Phi) is 5.07. The lowest BCUT2D eigenvalue weighted by atomic mass is 10.0. The molecule has 0 bridgehead atoms. The Morgan fingerprint density at radius 3 is 2.65 bits per heavy atom. The number of aromatic nitrogens is 1. The summed E-state index contributed by atoms with van der Waals surface area (Å²) in [6.45, 7) is 4.33. The van der Waals surface area contributed by atoms with Gasteiger partial charge in [0.1, 0.15) is 11.6 Å². The van der Waals surface area contributed by atoms with Gasteiger partial charge in [0.2, 0.25) is 5.91 Å². The molecule has 3 N–H and O–H groups in total. The Bertz CT molecular complexity index is 972. The zero-order valence-corrected chi connectivity index (χ0v) is 14.8. The fourth-order valence-electron chi connectivity index (χ4n) is 3.08. The average Bonchev–Trinajstić information content (AvgIpc) is 2.96. The summed E-state index contributed by atoms with van der Waals surface area (Å²) in [5.74, 6) is -0.272. The van der Waals surface area contributed by atoms with Crippen molar-refractivity contribution in [3.8, 4) is 5.75 Å². The van der Waals surface area contributed by atoms with Crippen molar-refractivity contribution in [3.05, 3.63) is 70.7 Å². The predicted octanol–water partition coefficient (Wildman–Crippen LogP) is 4.00. The van der Waals surface area contributed by atoms with E-state index in [1.807, 2.05) is 13.8 Å². The van der Waals surface area contributed by atoms with Crippen molar-refractivity contribution in [2.24, 2.45) is 0 Å². The van der Waals surface area contributed by atoms with Gasteiger partial charge < -0.3 is 15.4 Å². The number of nitrogens with one attached hydrogen (secondary N) is 2. The van der Waals surface area contributed by atoms with E-state index in [0.717, 1.165) is 27.8 Å². The van der Waals surface area contributed by atoms with Gasteiger partial charge in [-0.15, -0.1) is 0 Å². The molecule has 2 aromatic carbocycles. The normalized spacial score (nSPS) is 11.3. The van der Waals surface area contributed by atoms with E-state index in [1.165, 1.54) is 12.1 Å². The van der Waals surface area contributed by atoms with Crippen LogP contribution in [0, 0.1) is 19.7 Å². The number of benzene rings is 2. The lowest BCUT2D eigenvalue weighted by molar-refractivity contribution is -0.116. The van der Waals surface area contributed by atoms with Gasteiger partial charge in [0.15, 0.2) is 0 Å². The van der Waals surface area contributed by atoms with Crippen LogP contribution >= 0.6 is 0 Å². The number of aryl methyl sites for hydroxylation is 2. The zero-order chi connectivity index (χ0) is 18.7. The Balaban J connectivity index is 1.64. The molecule has 0 atom stereocenters. The van der Waals surface area contributed by atoms with Crippen LogP contribution in [0.15, 0.2) is 42.5 Å². The minimum absolute atomic E-state index is 0.187. The van der Waals surface area contributed by atoms with Crippen LogP contribution in [0.1, 0.15) is 22.4 Å². The van der Waals surface area contributed by atoms with E-state index in [9.17, 15) is 14.3 Å². The second-order valence-corrected chi connectivity index (χ2v) is 6.31. The topological polar surface area (TPSA) is 65.1 Å². The highest BCUT2D eigenvalue weighted by atomic mass is 19.1. The Hall–Kier alpha value is -3.08. The maximum absolute atomic E-state index is 14.0. The van der Waals surface area contributed by atoms with E-state index < -0.39 is 0 Å². The molecule has 0 spiro atoms. The number of halogens is 1. The van der Waals surface area contributed by atoms with Crippen molar-refractivity contribution < 1.29 is 14.3 Å². The Labute approximate surface area is 151 Å². The summed E-state index contributed by atoms with van der Waals surface area (Å²) in [6, 6.07) is 9.83. The summed E-state index contributed by atoms with van der Waals surface area (Å²) in [5.41, 5.74) is 4.31. The number of phenolic OH excluding ortho intramolecular Hbond substituents is 1. The number of hydrogen-bond donors (Lipinski definition) is 3. The quantitative estimate of drug-likeness (QED) is 0.608. The Morgan fingerprint density at radius 2 is 1.92 bits per heavy atom. The first-order valence-corrected chi connectivity index (χ1v) is 8.47. The highest BCUT2D eigenvalue weighted by molar-refractivity contribution is 5.92. The minimum Gasteiger partial charge on any atom is -0.508 e.